The van der Waals surface area contributed by atoms with Gasteiger partial charge in [0.2, 0.25) is 0 Å². The van der Waals surface area contributed by atoms with Gasteiger partial charge in [-0.05, 0) is 20.3 Å². The average Bonchev–Trinajstić information content (AvgIpc) is 3.17. The Hall–Kier alpha value is -2.00. The first-order valence-corrected chi connectivity index (χ1v) is 7.80. The van der Waals surface area contributed by atoms with Crippen LogP contribution < -0.4 is 0 Å². The Balaban J connectivity index is 1.81. The van der Waals surface area contributed by atoms with Crippen LogP contribution in [0.2, 0.25) is 0 Å². The van der Waals surface area contributed by atoms with Crippen molar-refractivity contribution in [2.45, 2.75) is 51.2 Å². The Labute approximate surface area is 139 Å². The quantitative estimate of drug-likeness (QED) is 0.739. The molecule has 4 atom stereocenters. The number of nitrogens with zero attached hydrogens (tertiary/aromatic N) is 3. The molecule has 1 saturated heterocycles. The SMILES string of the molecule is COC(=O)c1cn([C@@H]2C[C@H](COC(C)=O)[C@H]3OC(C)(C)O[C@H]32)nn1. The summed E-state index contributed by atoms with van der Waals surface area (Å²) in [5.41, 5.74) is 0.135. The van der Waals surface area contributed by atoms with Crippen LogP contribution in [0.15, 0.2) is 6.20 Å². The van der Waals surface area contributed by atoms with Gasteiger partial charge in [-0.25, -0.2) is 9.48 Å². The summed E-state index contributed by atoms with van der Waals surface area (Å²) in [4.78, 5) is 22.7. The van der Waals surface area contributed by atoms with Gasteiger partial charge in [0, 0.05) is 12.8 Å². The third-order valence-corrected chi connectivity index (χ3v) is 4.30. The van der Waals surface area contributed by atoms with Gasteiger partial charge in [0.25, 0.3) is 0 Å². The topological polar surface area (TPSA) is 102 Å². The fourth-order valence-corrected chi connectivity index (χ4v) is 3.34. The molecule has 2 fully saturated rings. The van der Waals surface area contributed by atoms with Gasteiger partial charge in [-0.3, -0.25) is 4.79 Å². The van der Waals surface area contributed by atoms with E-state index in [4.69, 9.17) is 14.2 Å². The lowest BCUT2D eigenvalue weighted by Crippen LogP contribution is -2.28. The smallest absolute Gasteiger partial charge is 0.360 e. The predicted molar refractivity (Wildman–Crippen MR) is 79.0 cm³/mol. The maximum absolute atomic E-state index is 11.6. The summed E-state index contributed by atoms with van der Waals surface area (Å²) in [6.07, 6.45) is 1.71. The zero-order chi connectivity index (χ0) is 17.5. The van der Waals surface area contributed by atoms with Gasteiger partial charge in [-0.2, -0.15) is 0 Å². The molecule has 0 unspecified atom stereocenters. The largest absolute Gasteiger partial charge is 0.465 e. The highest BCUT2D eigenvalue weighted by molar-refractivity contribution is 5.86. The van der Waals surface area contributed by atoms with Crippen LogP contribution >= 0.6 is 0 Å². The molecule has 0 aromatic carbocycles. The van der Waals surface area contributed by atoms with E-state index in [1.807, 2.05) is 13.8 Å². The maximum atomic E-state index is 11.6. The Morgan fingerprint density at radius 1 is 1.38 bits per heavy atom. The number of hydrogen-bond donors (Lipinski definition) is 0. The van der Waals surface area contributed by atoms with E-state index in [1.165, 1.54) is 20.2 Å². The summed E-state index contributed by atoms with van der Waals surface area (Å²) in [6.45, 7) is 5.31. The van der Waals surface area contributed by atoms with Crippen LogP contribution in [-0.4, -0.2) is 58.6 Å². The number of rotatable bonds is 4. The van der Waals surface area contributed by atoms with Crippen molar-refractivity contribution in [2.24, 2.45) is 5.92 Å². The normalized spacial score (nSPS) is 30.8. The molecular weight excluding hydrogens is 318 g/mol. The monoisotopic (exact) mass is 339 g/mol. The molecule has 9 heteroatoms. The Morgan fingerprint density at radius 2 is 2.08 bits per heavy atom. The van der Waals surface area contributed by atoms with E-state index in [1.54, 1.807) is 4.68 Å². The second-order valence-electron chi connectivity index (χ2n) is 6.51. The van der Waals surface area contributed by atoms with E-state index < -0.39 is 11.8 Å². The molecule has 1 aromatic heterocycles. The molecule has 1 aromatic rings. The highest BCUT2D eigenvalue weighted by Crippen LogP contribution is 2.46. The summed E-state index contributed by atoms with van der Waals surface area (Å²) >= 11 is 0. The number of carbonyl (C=O) groups is 2. The van der Waals surface area contributed by atoms with E-state index in [0.717, 1.165) is 0 Å². The highest BCUT2D eigenvalue weighted by Gasteiger charge is 2.55. The van der Waals surface area contributed by atoms with Crippen LogP contribution in [0.1, 0.15) is 43.7 Å². The summed E-state index contributed by atoms with van der Waals surface area (Å²) in [5, 5.41) is 7.87. The second kappa shape index (κ2) is 6.14. The molecule has 0 amide bonds. The second-order valence-corrected chi connectivity index (χ2v) is 6.51. The summed E-state index contributed by atoms with van der Waals surface area (Å²) in [7, 11) is 1.29. The van der Waals surface area contributed by atoms with Crippen molar-refractivity contribution in [2.75, 3.05) is 13.7 Å². The van der Waals surface area contributed by atoms with Gasteiger partial charge in [0.1, 0.15) is 6.10 Å². The molecule has 132 valence electrons. The minimum Gasteiger partial charge on any atom is -0.465 e. The molecule has 1 aliphatic carbocycles. The van der Waals surface area contributed by atoms with Crippen LogP contribution in [0.5, 0.6) is 0 Å². The highest BCUT2D eigenvalue weighted by atomic mass is 16.8. The molecule has 0 N–H and O–H groups in total. The van der Waals surface area contributed by atoms with E-state index >= 15 is 0 Å². The third kappa shape index (κ3) is 3.13. The summed E-state index contributed by atoms with van der Waals surface area (Å²) in [6, 6.07) is -0.164. The maximum Gasteiger partial charge on any atom is 0.360 e. The first kappa shape index (κ1) is 16.8. The van der Waals surface area contributed by atoms with E-state index in [0.29, 0.717) is 6.42 Å². The minimum atomic E-state index is -0.728. The van der Waals surface area contributed by atoms with Gasteiger partial charge < -0.3 is 18.9 Å². The van der Waals surface area contributed by atoms with Gasteiger partial charge in [0.05, 0.1) is 32.1 Å². The number of methoxy groups -OCH3 is 1. The van der Waals surface area contributed by atoms with Gasteiger partial charge >= 0.3 is 11.9 Å². The molecule has 9 nitrogen and oxygen atoms in total. The Kier molecular flexibility index (Phi) is 4.31. The summed E-state index contributed by atoms with van der Waals surface area (Å²) < 4.78 is 23.4. The van der Waals surface area contributed by atoms with Crippen molar-refractivity contribution >= 4 is 11.9 Å². The van der Waals surface area contributed by atoms with Crippen molar-refractivity contribution < 1.29 is 28.5 Å². The minimum absolute atomic E-state index is 0.0172. The molecule has 0 bridgehead atoms. The zero-order valence-corrected chi connectivity index (χ0v) is 14.1. The molecule has 2 heterocycles. The lowest BCUT2D eigenvalue weighted by atomic mass is 10.1. The molecule has 1 aliphatic heterocycles. The number of hydrogen-bond acceptors (Lipinski definition) is 8. The Bertz CT molecular complexity index is 643. The lowest BCUT2D eigenvalue weighted by molar-refractivity contribution is -0.164. The predicted octanol–water partition coefficient (Wildman–Crippen LogP) is 0.709. The van der Waals surface area contributed by atoms with E-state index in [-0.39, 0.29) is 42.4 Å². The van der Waals surface area contributed by atoms with Crippen LogP contribution in [0.3, 0.4) is 0 Å². The first-order valence-electron chi connectivity index (χ1n) is 7.80. The Morgan fingerprint density at radius 3 is 2.75 bits per heavy atom. The third-order valence-electron chi connectivity index (χ3n) is 4.30. The molecular formula is C15H21N3O6. The number of fused-ring (bicyclic) bond motifs is 1. The van der Waals surface area contributed by atoms with Crippen LogP contribution in [0.4, 0.5) is 0 Å². The molecule has 0 radical (unpaired) electrons. The van der Waals surface area contributed by atoms with Crippen molar-refractivity contribution in [3.63, 3.8) is 0 Å². The van der Waals surface area contributed by atoms with Crippen molar-refractivity contribution in [1.29, 1.82) is 0 Å². The number of esters is 2. The average molecular weight is 339 g/mol. The number of carbonyl (C=O) groups excluding carboxylic acids is 2. The summed E-state index contributed by atoms with van der Waals surface area (Å²) in [5.74, 6) is -1.62. The van der Waals surface area contributed by atoms with Crippen LogP contribution in [0.25, 0.3) is 0 Å². The van der Waals surface area contributed by atoms with E-state index in [9.17, 15) is 9.59 Å². The zero-order valence-electron chi connectivity index (χ0n) is 14.1. The molecule has 24 heavy (non-hydrogen) atoms. The standard InChI is InChI=1S/C15H21N3O6/c1-8(19)22-7-9-5-11(13-12(9)23-15(2,3)24-13)18-6-10(16-17-18)14(20)21-4/h6,9,11-13H,5,7H2,1-4H3/t9-,11-,12-,13+/m1/s1. The molecule has 2 aliphatic rings. The van der Waals surface area contributed by atoms with Crippen molar-refractivity contribution in [3.8, 4) is 0 Å². The lowest BCUT2D eigenvalue weighted by Gasteiger charge is -2.23. The molecule has 3 rings (SSSR count). The molecule has 1 saturated carbocycles. The fraction of sp³-hybridized carbons (Fsp3) is 0.733. The van der Waals surface area contributed by atoms with Crippen LogP contribution in [-0.2, 0) is 23.7 Å². The molecule has 0 spiro atoms. The van der Waals surface area contributed by atoms with Gasteiger partial charge in [-0.15, -0.1) is 5.10 Å². The number of ether oxygens (including phenoxy) is 4. The number of aromatic nitrogens is 3. The van der Waals surface area contributed by atoms with Crippen molar-refractivity contribution in [3.05, 3.63) is 11.9 Å². The van der Waals surface area contributed by atoms with E-state index in [2.05, 4.69) is 15.0 Å². The fourth-order valence-electron chi connectivity index (χ4n) is 3.34. The van der Waals surface area contributed by atoms with Crippen LogP contribution in [0, 0.1) is 5.92 Å². The van der Waals surface area contributed by atoms with Gasteiger partial charge in [-0.1, -0.05) is 5.21 Å². The van der Waals surface area contributed by atoms with Crippen molar-refractivity contribution in [1.82, 2.24) is 15.0 Å². The first-order chi connectivity index (χ1) is 11.3. The van der Waals surface area contributed by atoms with Gasteiger partial charge in [0.15, 0.2) is 11.5 Å².